The lowest BCUT2D eigenvalue weighted by Crippen LogP contribution is -2.31. The number of hydrogen-bond donors (Lipinski definition) is 0. The molecule has 1 aliphatic rings. The summed E-state index contributed by atoms with van der Waals surface area (Å²) >= 11 is 0. The number of halogens is 5. The predicted molar refractivity (Wildman–Crippen MR) is 96.0 cm³/mol. The lowest BCUT2D eigenvalue weighted by atomic mass is 10.2. The van der Waals surface area contributed by atoms with E-state index in [1.54, 1.807) is 0 Å². The highest BCUT2D eigenvalue weighted by Gasteiger charge is 2.38. The number of amides is 1. The summed E-state index contributed by atoms with van der Waals surface area (Å²) in [5, 5.41) is 3.21. The maximum absolute atomic E-state index is 14.4. The maximum Gasteiger partial charge on any atom is 0.471 e. The molecule has 3 aromatic rings. The molecule has 1 atom stereocenters. The summed E-state index contributed by atoms with van der Waals surface area (Å²) in [5.74, 6) is -3.79. The Hall–Kier alpha value is -3.50. The fourth-order valence-electron chi connectivity index (χ4n) is 3.18. The van der Waals surface area contributed by atoms with Crippen molar-refractivity contribution in [3.8, 4) is 17.1 Å². The summed E-state index contributed by atoms with van der Waals surface area (Å²) in [5.41, 5.74) is 0.188. The molecule has 0 radical (unpaired) electrons. The topological polar surface area (TPSA) is 68.5 Å². The molecule has 0 unspecified atom stereocenters. The lowest BCUT2D eigenvalue weighted by Gasteiger charge is -2.17. The quantitative estimate of drug-likeness (QED) is 0.567. The van der Waals surface area contributed by atoms with Gasteiger partial charge in [0.25, 0.3) is 5.91 Å². The first-order chi connectivity index (χ1) is 14.7. The second-order valence-electron chi connectivity index (χ2n) is 6.86. The molecule has 162 valence electrons. The van der Waals surface area contributed by atoms with Gasteiger partial charge < -0.3 is 14.2 Å². The number of alkyl halides is 3. The average Bonchev–Trinajstić information content (AvgIpc) is 3.39. The van der Waals surface area contributed by atoms with Crippen LogP contribution in [0.25, 0.3) is 11.4 Å². The van der Waals surface area contributed by atoms with Crippen LogP contribution in [0.15, 0.2) is 47.0 Å². The van der Waals surface area contributed by atoms with Crippen LogP contribution < -0.4 is 4.74 Å². The van der Waals surface area contributed by atoms with Gasteiger partial charge in [0.05, 0.1) is 6.54 Å². The molecular formula is C20H14F5N3O3. The van der Waals surface area contributed by atoms with Crippen LogP contribution in [-0.4, -0.2) is 40.1 Å². The number of carbonyl (C=O) groups is 1. The number of aromatic nitrogens is 2. The molecule has 2 heterocycles. The Kier molecular flexibility index (Phi) is 5.34. The van der Waals surface area contributed by atoms with E-state index in [9.17, 15) is 26.7 Å². The van der Waals surface area contributed by atoms with Gasteiger partial charge in [-0.05, 0) is 36.4 Å². The fraction of sp³-hybridized carbons (Fsp3) is 0.250. The second kappa shape index (κ2) is 7.97. The molecule has 1 fully saturated rings. The van der Waals surface area contributed by atoms with E-state index in [0.29, 0.717) is 13.0 Å². The van der Waals surface area contributed by atoms with Crippen LogP contribution in [0.3, 0.4) is 0 Å². The van der Waals surface area contributed by atoms with Gasteiger partial charge >= 0.3 is 12.1 Å². The van der Waals surface area contributed by atoms with E-state index in [2.05, 4.69) is 14.7 Å². The number of benzene rings is 2. The van der Waals surface area contributed by atoms with Crippen molar-refractivity contribution in [1.82, 2.24) is 15.0 Å². The largest absolute Gasteiger partial charge is 0.485 e. The van der Waals surface area contributed by atoms with E-state index in [-0.39, 0.29) is 29.3 Å². The zero-order chi connectivity index (χ0) is 22.2. The summed E-state index contributed by atoms with van der Waals surface area (Å²) < 4.78 is 75.2. The Morgan fingerprint density at radius 3 is 2.65 bits per heavy atom. The van der Waals surface area contributed by atoms with Crippen molar-refractivity contribution in [2.45, 2.75) is 18.7 Å². The molecule has 1 aromatic heterocycles. The van der Waals surface area contributed by atoms with E-state index in [0.717, 1.165) is 12.1 Å². The molecule has 6 nitrogen and oxygen atoms in total. The monoisotopic (exact) mass is 439 g/mol. The number of likely N-dealkylation sites (tertiary alicyclic amines) is 1. The van der Waals surface area contributed by atoms with Crippen LogP contribution in [0.4, 0.5) is 22.0 Å². The van der Waals surface area contributed by atoms with E-state index < -0.39 is 35.6 Å². The lowest BCUT2D eigenvalue weighted by molar-refractivity contribution is -0.159. The zero-order valence-electron chi connectivity index (χ0n) is 15.7. The molecule has 4 rings (SSSR count). The molecule has 0 spiro atoms. The summed E-state index contributed by atoms with van der Waals surface area (Å²) in [6.45, 7) is 0.527. The molecule has 11 heteroatoms. The van der Waals surface area contributed by atoms with Crippen molar-refractivity contribution < 1.29 is 36.0 Å². The van der Waals surface area contributed by atoms with Crippen molar-refractivity contribution >= 4 is 5.91 Å². The summed E-state index contributed by atoms with van der Waals surface area (Å²) in [6.07, 6.45) is -4.87. The van der Waals surface area contributed by atoms with Gasteiger partial charge in [0.1, 0.15) is 11.9 Å². The number of carbonyl (C=O) groups excluding carboxylic acids is 1. The van der Waals surface area contributed by atoms with Crippen LogP contribution >= 0.6 is 0 Å². The Morgan fingerprint density at radius 2 is 1.97 bits per heavy atom. The fourth-order valence-corrected chi connectivity index (χ4v) is 3.18. The molecule has 0 N–H and O–H groups in total. The Bertz CT molecular complexity index is 1120. The van der Waals surface area contributed by atoms with Crippen LogP contribution in [-0.2, 0) is 6.18 Å². The molecule has 1 saturated heterocycles. The van der Waals surface area contributed by atoms with Gasteiger partial charge in [-0.3, -0.25) is 4.79 Å². The number of ether oxygens (including phenoxy) is 1. The van der Waals surface area contributed by atoms with Crippen molar-refractivity contribution in [1.29, 1.82) is 0 Å². The third kappa shape index (κ3) is 4.49. The predicted octanol–water partition coefficient (Wildman–Crippen LogP) is 4.33. The second-order valence-corrected chi connectivity index (χ2v) is 6.86. The van der Waals surface area contributed by atoms with Crippen molar-refractivity contribution in [3.63, 3.8) is 0 Å². The SMILES string of the molecule is O=C(c1cccc(F)c1)N1CC[C@@H](Oc2ccc(-c3noc(C(F)(F)F)n3)cc2F)C1. The number of nitrogens with zero attached hydrogens (tertiary/aromatic N) is 3. The van der Waals surface area contributed by atoms with Gasteiger partial charge in [-0.1, -0.05) is 11.2 Å². The summed E-state index contributed by atoms with van der Waals surface area (Å²) in [7, 11) is 0. The van der Waals surface area contributed by atoms with Gasteiger partial charge in [0.2, 0.25) is 5.82 Å². The van der Waals surface area contributed by atoms with Crippen LogP contribution in [0.5, 0.6) is 5.75 Å². The highest BCUT2D eigenvalue weighted by atomic mass is 19.4. The molecule has 1 aliphatic heterocycles. The van der Waals surface area contributed by atoms with E-state index in [1.165, 1.54) is 35.2 Å². The first kappa shape index (κ1) is 20.8. The number of hydrogen-bond acceptors (Lipinski definition) is 5. The maximum atomic E-state index is 14.4. The highest BCUT2D eigenvalue weighted by Crippen LogP contribution is 2.31. The van der Waals surface area contributed by atoms with Crippen LogP contribution in [0.2, 0.25) is 0 Å². The van der Waals surface area contributed by atoms with Gasteiger partial charge in [-0.15, -0.1) is 0 Å². The number of rotatable bonds is 4. The van der Waals surface area contributed by atoms with Crippen molar-refractivity contribution in [2.24, 2.45) is 0 Å². The minimum atomic E-state index is -4.80. The first-order valence-corrected chi connectivity index (χ1v) is 9.13. The molecule has 0 aliphatic carbocycles. The third-order valence-corrected chi connectivity index (χ3v) is 4.66. The smallest absolute Gasteiger partial charge is 0.471 e. The molecule has 31 heavy (non-hydrogen) atoms. The van der Waals surface area contributed by atoms with E-state index in [1.807, 2.05) is 0 Å². The van der Waals surface area contributed by atoms with Gasteiger partial charge in [0.15, 0.2) is 11.6 Å². The van der Waals surface area contributed by atoms with E-state index >= 15 is 0 Å². The Balaban J connectivity index is 1.42. The third-order valence-electron chi connectivity index (χ3n) is 4.66. The minimum Gasteiger partial charge on any atom is -0.485 e. The zero-order valence-corrected chi connectivity index (χ0v) is 15.7. The summed E-state index contributed by atoms with van der Waals surface area (Å²) in [6, 6.07) is 8.78. The van der Waals surface area contributed by atoms with Gasteiger partial charge in [-0.2, -0.15) is 18.2 Å². The molecule has 2 aromatic carbocycles. The first-order valence-electron chi connectivity index (χ1n) is 9.13. The van der Waals surface area contributed by atoms with Crippen LogP contribution in [0.1, 0.15) is 22.7 Å². The van der Waals surface area contributed by atoms with Gasteiger partial charge in [-0.25, -0.2) is 8.78 Å². The normalized spacial score (nSPS) is 16.5. The molecular weight excluding hydrogens is 425 g/mol. The Morgan fingerprint density at radius 1 is 1.16 bits per heavy atom. The van der Waals surface area contributed by atoms with E-state index in [4.69, 9.17) is 4.74 Å². The highest BCUT2D eigenvalue weighted by molar-refractivity contribution is 5.94. The van der Waals surface area contributed by atoms with Crippen molar-refractivity contribution in [3.05, 3.63) is 65.6 Å². The summed E-state index contributed by atoms with van der Waals surface area (Å²) in [4.78, 5) is 17.1. The molecule has 1 amide bonds. The van der Waals surface area contributed by atoms with Gasteiger partial charge in [0, 0.05) is 24.1 Å². The van der Waals surface area contributed by atoms with Crippen molar-refractivity contribution in [2.75, 3.05) is 13.1 Å². The molecule has 0 bridgehead atoms. The average molecular weight is 439 g/mol. The van der Waals surface area contributed by atoms with Crippen LogP contribution in [0, 0.1) is 11.6 Å². The standard InChI is InChI=1S/C20H14F5N3O3/c21-13-3-1-2-12(8-13)18(29)28-7-6-14(10-28)30-16-5-4-11(9-15(16)22)17-26-19(31-27-17)20(23,24)25/h1-5,8-9,14H,6-7,10H2/t14-/m1/s1. The molecule has 0 saturated carbocycles. The Labute approximate surface area is 172 Å². The minimum absolute atomic E-state index is 0.0153.